The highest BCUT2D eigenvalue weighted by Gasteiger charge is 2.65. The van der Waals surface area contributed by atoms with Crippen LogP contribution in [0.15, 0.2) is 0 Å². The van der Waals surface area contributed by atoms with E-state index in [1.807, 2.05) is 6.92 Å². The molecule has 0 aromatic heterocycles. The van der Waals surface area contributed by atoms with E-state index in [0.29, 0.717) is 12.5 Å². The Morgan fingerprint density at radius 3 is 2.07 bits per heavy atom. The zero-order chi connectivity index (χ0) is 11.1. The molecule has 0 saturated heterocycles. The maximum Gasteiger partial charge on any atom is 0.221 e. The largest absolute Gasteiger partial charge is 0.352 e. The summed E-state index contributed by atoms with van der Waals surface area (Å²) in [5.74, 6) is 0.0728. The molecule has 1 saturated carbocycles. The fourth-order valence-corrected chi connectivity index (χ4v) is 2.07. The van der Waals surface area contributed by atoms with Crippen LogP contribution in [0.3, 0.4) is 0 Å². The summed E-state index contributed by atoms with van der Waals surface area (Å²) >= 11 is 0. The van der Waals surface area contributed by atoms with E-state index in [0.717, 1.165) is 0 Å². The van der Waals surface area contributed by atoms with E-state index in [9.17, 15) is 4.79 Å². The van der Waals surface area contributed by atoms with E-state index >= 15 is 0 Å². The third-order valence-corrected chi connectivity index (χ3v) is 3.83. The van der Waals surface area contributed by atoms with Gasteiger partial charge in [0.05, 0.1) is 0 Å². The minimum absolute atomic E-state index is 0.0556. The summed E-state index contributed by atoms with van der Waals surface area (Å²) in [6.07, 6.45) is 0.419. The van der Waals surface area contributed by atoms with Gasteiger partial charge in [0.1, 0.15) is 0 Å². The van der Waals surface area contributed by atoms with E-state index in [4.69, 9.17) is 5.73 Å². The molecule has 0 bridgehead atoms. The van der Waals surface area contributed by atoms with Gasteiger partial charge in [-0.15, -0.1) is 0 Å². The Balaban J connectivity index is 2.45. The fourth-order valence-electron chi connectivity index (χ4n) is 2.07. The van der Waals surface area contributed by atoms with Gasteiger partial charge in [-0.2, -0.15) is 0 Å². The maximum absolute atomic E-state index is 11.5. The SMILES string of the molecule is CC(N)CC(=O)NC1C(C)(C)C1(C)C. The van der Waals surface area contributed by atoms with Gasteiger partial charge in [-0.1, -0.05) is 27.7 Å². The third-order valence-electron chi connectivity index (χ3n) is 3.83. The molecule has 14 heavy (non-hydrogen) atoms. The molecule has 1 fully saturated rings. The van der Waals surface area contributed by atoms with Gasteiger partial charge in [-0.3, -0.25) is 4.79 Å². The Hall–Kier alpha value is -0.570. The average molecular weight is 198 g/mol. The zero-order valence-corrected chi connectivity index (χ0v) is 9.85. The molecule has 1 aliphatic rings. The van der Waals surface area contributed by atoms with Crippen LogP contribution in [0.25, 0.3) is 0 Å². The lowest BCUT2D eigenvalue weighted by atomic mass is 10.0. The van der Waals surface area contributed by atoms with Crippen molar-refractivity contribution in [3.8, 4) is 0 Å². The van der Waals surface area contributed by atoms with Crippen LogP contribution in [0, 0.1) is 10.8 Å². The van der Waals surface area contributed by atoms with Crippen LogP contribution in [0.2, 0.25) is 0 Å². The molecular weight excluding hydrogens is 176 g/mol. The van der Waals surface area contributed by atoms with E-state index < -0.39 is 0 Å². The molecule has 3 nitrogen and oxygen atoms in total. The normalized spacial score (nSPS) is 25.6. The highest BCUT2D eigenvalue weighted by Crippen LogP contribution is 2.62. The predicted octanol–water partition coefficient (Wildman–Crippen LogP) is 1.27. The van der Waals surface area contributed by atoms with Crippen molar-refractivity contribution < 1.29 is 4.79 Å². The van der Waals surface area contributed by atoms with Gasteiger partial charge in [-0.05, 0) is 17.8 Å². The quantitative estimate of drug-likeness (QED) is 0.717. The molecule has 0 aromatic carbocycles. The van der Waals surface area contributed by atoms with Crippen LogP contribution in [0.5, 0.6) is 0 Å². The van der Waals surface area contributed by atoms with Crippen molar-refractivity contribution in [3.63, 3.8) is 0 Å². The first-order valence-corrected chi connectivity index (χ1v) is 5.24. The van der Waals surface area contributed by atoms with E-state index in [1.165, 1.54) is 0 Å². The van der Waals surface area contributed by atoms with Crippen LogP contribution in [-0.2, 0) is 4.79 Å². The number of carbonyl (C=O) groups is 1. The number of carbonyl (C=O) groups excluding carboxylic acids is 1. The molecule has 82 valence electrons. The summed E-state index contributed by atoms with van der Waals surface area (Å²) in [4.78, 5) is 11.5. The number of amides is 1. The van der Waals surface area contributed by atoms with Crippen LogP contribution < -0.4 is 11.1 Å². The van der Waals surface area contributed by atoms with Gasteiger partial charge < -0.3 is 11.1 Å². The number of nitrogens with two attached hydrogens (primary N) is 1. The van der Waals surface area contributed by atoms with Crippen molar-refractivity contribution in [1.29, 1.82) is 0 Å². The van der Waals surface area contributed by atoms with Gasteiger partial charge in [-0.25, -0.2) is 0 Å². The molecule has 1 unspecified atom stereocenters. The smallest absolute Gasteiger partial charge is 0.221 e. The number of nitrogens with one attached hydrogen (secondary N) is 1. The van der Waals surface area contributed by atoms with Crippen LogP contribution in [0.1, 0.15) is 41.0 Å². The summed E-state index contributed by atoms with van der Waals surface area (Å²) in [5.41, 5.74) is 5.98. The first-order valence-electron chi connectivity index (χ1n) is 5.24. The van der Waals surface area contributed by atoms with Gasteiger partial charge in [0.2, 0.25) is 5.91 Å². The van der Waals surface area contributed by atoms with Crippen molar-refractivity contribution in [3.05, 3.63) is 0 Å². The Labute approximate surface area is 86.4 Å². The molecule has 0 heterocycles. The number of rotatable bonds is 3. The van der Waals surface area contributed by atoms with Crippen molar-refractivity contribution in [2.45, 2.75) is 53.1 Å². The van der Waals surface area contributed by atoms with Gasteiger partial charge in [0, 0.05) is 18.5 Å². The van der Waals surface area contributed by atoms with Crippen molar-refractivity contribution in [2.24, 2.45) is 16.6 Å². The third kappa shape index (κ3) is 1.78. The Morgan fingerprint density at radius 2 is 1.79 bits per heavy atom. The van der Waals surface area contributed by atoms with Crippen LogP contribution in [-0.4, -0.2) is 18.0 Å². The predicted molar refractivity (Wildman–Crippen MR) is 57.8 cm³/mol. The molecule has 3 heteroatoms. The second-order valence-corrected chi connectivity index (χ2v) is 5.63. The summed E-state index contributed by atoms with van der Waals surface area (Å²) in [7, 11) is 0. The minimum Gasteiger partial charge on any atom is -0.352 e. The first kappa shape index (κ1) is 11.5. The van der Waals surface area contributed by atoms with Gasteiger partial charge in [0.15, 0.2) is 0 Å². The highest BCUT2D eigenvalue weighted by atomic mass is 16.1. The lowest BCUT2D eigenvalue weighted by Crippen LogP contribution is -2.33. The molecule has 0 radical (unpaired) electrons. The lowest BCUT2D eigenvalue weighted by Gasteiger charge is -2.08. The van der Waals surface area contributed by atoms with E-state index in [-0.39, 0.29) is 22.8 Å². The van der Waals surface area contributed by atoms with Crippen molar-refractivity contribution in [2.75, 3.05) is 0 Å². The van der Waals surface area contributed by atoms with E-state index in [1.54, 1.807) is 0 Å². The Morgan fingerprint density at radius 1 is 1.36 bits per heavy atom. The fraction of sp³-hybridized carbons (Fsp3) is 0.909. The molecule has 1 rings (SSSR count). The molecule has 1 atom stereocenters. The minimum atomic E-state index is -0.0556. The zero-order valence-electron chi connectivity index (χ0n) is 9.85. The second kappa shape index (κ2) is 3.23. The number of hydrogen-bond acceptors (Lipinski definition) is 2. The average Bonchev–Trinajstić information content (AvgIpc) is 2.30. The molecule has 0 spiro atoms. The summed E-state index contributed by atoms with van der Waals surface area (Å²) in [5, 5.41) is 3.05. The standard InChI is InChI=1S/C11H22N2O/c1-7(12)6-8(14)13-9-10(2,3)11(9,4)5/h7,9H,6,12H2,1-5H3,(H,13,14). The summed E-state index contributed by atoms with van der Waals surface area (Å²) in [6.45, 7) is 10.6. The Kier molecular flexibility index (Phi) is 2.65. The van der Waals surface area contributed by atoms with Crippen LogP contribution >= 0.6 is 0 Å². The summed E-state index contributed by atoms with van der Waals surface area (Å²) < 4.78 is 0. The topological polar surface area (TPSA) is 55.1 Å². The molecule has 1 amide bonds. The lowest BCUT2D eigenvalue weighted by molar-refractivity contribution is -0.121. The Bertz CT molecular complexity index is 230. The second-order valence-electron chi connectivity index (χ2n) is 5.63. The molecule has 1 aliphatic carbocycles. The first-order chi connectivity index (χ1) is 6.19. The molecule has 3 N–H and O–H groups in total. The van der Waals surface area contributed by atoms with Gasteiger partial charge in [0.25, 0.3) is 0 Å². The summed E-state index contributed by atoms with van der Waals surface area (Å²) in [6, 6.07) is 0.237. The number of hydrogen-bond donors (Lipinski definition) is 2. The van der Waals surface area contributed by atoms with Crippen molar-refractivity contribution in [1.82, 2.24) is 5.32 Å². The van der Waals surface area contributed by atoms with Crippen molar-refractivity contribution >= 4 is 5.91 Å². The van der Waals surface area contributed by atoms with E-state index in [2.05, 4.69) is 33.0 Å². The highest BCUT2D eigenvalue weighted by molar-refractivity contribution is 5.77. The monoisotopic (exact) mass is 198 g/mol. The maximum atomic E-state index is 11.5. The molecule has 0 aliphatic heterocycles. The molecular formula is C11H22N2O. The molecule has 0 aromatic rings. The van der Waals surface area contributed by atoms with Crippen LogP contribution in [0.4, 0.5) is 0 Å². The van der Waals surface area contributed by atoms with Gasteiger partial charge >= 0.3 is 0 Å².